The Morgan fingerprint density at radius 1 is 1.69 bits per heavy atom. The Kier molecular flexibility index (Phi) is 2.97. The summed E-state index contributed by atoms with van der Waals surface area (Å²) in [7, 11) is 0. The highest BCUT2D eigenvalue weighted by atomic mass is 16.4. The molecule has 0 atom stereocenters. The van der Waals surface area contributed by atoms with Crippen molar-refractivity contribution in [3.63, 3.8) is 0 Å². The van der Waals surface area contributed by atoms with Gasteiger partial charge in [-0.15, -0.1) is 11.5 Å². The van der Waals surface area contributed by atoms with Crippen LogP contribution in [0.1, 0.15) is 12.2 Å². The molecule has 0 spiro atoms. The summed E-state index contributed by atoms with van der Waals surface area (Å²) in [5.74, 6) is 1.99. The monoisotopic (exact) mass is 180 g/mol. The van der Waals surface area contributed by atoms with Crippen molar-refractivity contribution in [3.8, 4) is 12.3 Å². The molecule has 6 nitrogen and oxygen atoms in total. The molecule has 0 aliphatic rings. The Balaban J connectivity index is 2.61. The van der Waals surface area contributed by atoms with Crippen LogP contribution in [0.15, 0.2) is 0 Å². The summed E-state index contributed by atoms with van der Waals surface area (Å²) in [6.45, 7) is 0.266. The molecule has 0 bridgehead atoms. The number of terminal acetylenes is 1. The van der Waals surface area contributed by atoms with Crippen LogP contribution < -0.4 is 0 Å². The summed E-state index contributed by atoms with van der Waals surface area (Å²) in [5, 5.41) is 19.1. The average molecular weight is 180 g/mol. The highest BCUT2D eigenvalue weighted by Crippen LogP contribution is 1.96. The van der Waals surface area contributed by atoms with E-state index in [2.05, 4.69) is 21.4 Å². The zero-order chi connectivity index (χ0) is 9.68. The molecule has 0 radical (unpaired) electrons. The Morgan fingerprint density at radius 3 is 3.08 bits per heavy atom. The predicted molar refractivity (Wildman–Crippen MR) is 42.6 cm³/mol. The van der Waals surface area contributed by atoms with Gasteiger partial charge in [-0.05, 0) is 10.4 Å². The summed E-state index contributed by atoms with van der Waals surface area (Å²) >= 11 is 0. The molecule has 6 heteroatoms. The lowest BCUT2D eigenvalue weighted by molar-refractivity contribution is -0.137. The van der Waals surface area contributed by atoms with Crippen molar-refractivity contribution in [3.05, 3.63) is 5.82 Å². The summed E-state index contributed by atoms with van der Waals surface area (Å²) in [5.41, 5.74) is 0. The second-order valence-corrected chi connectivity index (χ2v) is 2.35. The number of carbonyl (C=O) groups is 1. The molecule has 0 saturated carbocycles. The quantitative estimate of drug-likeness (QED) is 0.621. The first-order valence-electron chi connectivity index (χ1n) is 3.64. The molecular weight excluding hydrogens is 172 g/mol. The Hall–Kier alpha value is -1.90. The van der Waals surface area contributed by atoms with Crippen LogP contribution in [0.25, 0.3) is 0 Å². The smallest absolute Gasteiger partial charge is 0.303 e. The van der Waals surface area contributed by atoms with Crippen molar-refractivity contribution in [2.45, 2.75) is 19.4 Å². The minimum atomic E-state index is -0.879. The van der Waals surface area contributed by atoms with Gasteiger partial charge in [0.1, 0.15) is 6.54 Å². The van der Waals surface area contributed by atoms with Crippen LogP contribution in [-0.4, -0.2) is 31.3 Å². The highest BCUT2D eigenvalue weighted by molar-refractivity contribution is 5.66. The van der Waals surface area contributed by atoms with Crippen LogP contribution in [0.2, 0.25) is 0 Å². The number of rotatable bonds is 4. The molecule has 0 amide bonds. The van der Waals surface area contributed by atoms with Crippen LogP contribution in [0.4, 0.5) is 0 Å². The van der Waals surface area contributed by atoms with Gasteiger partial charge in [-0.1, -0.05) is 5.92 Å². The maximum atomic E-state index is 10.2. The van der Waals surface area contributed by atoms with Gasteiger partial charge in [0.25, 0.3) is 0 Å². The molecule has 0 saturated heterocycles. The highest BCUT2D eigenvalue weighted by Gasteiger charge is 2.06. The van der Waals surface area contributed by atoms with Gasteiger partial charge in [-0.3, -0.25) is 4.79 Å². The standard InChI is InChI=1S/C7H8N4O2/c1-2-5-11-6(8-9-10-11)3-4-7(12)13/h1H,3-5H2,(H,12,13). The van der Waals surface area contributed by atoms with Gasteiger partial charge in [-0.25, -0.2) is 4.68 Å². The number of aliphatic carboxylic acids is 1. The van der Waals surface area contributed by atoms with Crippen LogP contribution >= 0.6 is 0 Å². The number of hydrogen-bond acceptors (Lipinski definition) is 4. The lowest BCUT2D eigenvalue weighted by Gasteiger charge is -1.97. The van der Waals surface area contributed by atoms with E-state index in [0.717, 1.165) is 0 Å². The van der Waals surface area contributed by atoms with E-state index >= 15 is 0 Å². The number of aromatic nitrogens is 4. The first-order valence-corrected chi connectivity index (χ1v) is 3.64. The van der Waals surface area contributed by atoms with Gasteiger partial charge in [0.15, 0.2) is 5.82 Å². The number of carboxylic acid groups (broad SMARTS) is 1. The van der Waals surface area contributed by atoms with Gasteiger partial charge < -0.3 is 5.11 Å². The Bertz CT molecular complexity index is 339. The second-order valence-electron chi connectivity index (χ2n) is 2.35. The summed E-state index contributed by atoms with van der Waals surface area (Å²) in [4.78, 5) is 10.2. The van der Waals surface area contributed by atoms with Gasteiger partial charge in [-0.2, -0.15) is 0 Å². The van der Waals surface area contributed by atoms with Crippen LogP contribution in [-0.2, 0) is 17.8 Å². The van der Waals surface area contributed by atoms with Crippen LogP contribution in [0.3, 0.4) is 0 Å². The first kappa shape index (κ1) is 9.19. The van der Waals surface area contributed by atoms with E-state index in [1.54, 1.807) is 0 Å². The van der Waals surface area contributed by atoms with E-state index in [9.17, 15) is 4.79 Å². The second kappa shape index (κ2) is 4.21. The van der Waals surface area contributed by atoms with Crippen molar-refractivity contribution >= 4 is 5.97 Å². The number of nitrogens with zero attached hydrogens (tertiary/aromatic N) is 4. The van der Waals surface area contributed by atoms with Crippen molar-refractivity contribution in [2.24, 2.45) is 0 Å². The normalized spacial score (nSPS) is 9.46. The van der Waals surface area contributed by atoms with Crippen molar-refractivity contribution in [1.82, 2.24) is 20.2 Å². The van der Waals surface area contributed by atoms with Gasteiger partial charge in [0, 0.05) is 6.42 Å². The van der Waals surface area contributed by atoms with Crippen molar-refractivity contribution < 1.29 is 9.90 Å². The zero-order valence-electron chi connectivity index (χ0n) is 6.84. The molecule has 1 rings (SSSR count). The summed E-state index contributed by atoms with van der Waals surface area (Å²) in [6, 6.07) is 0. The average Bonchev–Trinajstić information content (AvgIpc) is 2.49. The van der Waals surface area contributed by atoms with Crippen LogP contribution in [0, 0.1) is 12.3 Å². The molecule has 1 heterocycles. The maximum absolute atomic E-state index is 10.2. The molecule has 1 N–H and O–H groups in total. The molecule has 13 heavy (non-hydrogen) atoms. The van der Waals surface area contributed by atoms with Gasteiger partial charge in [0.05, 0.1) is 6.42 Å². The van der Waals surface area contributed by atoms with E-state index in [-0.39, 0.29) is 13.0 Å². The maximum Gasteiger partial charge on any atom is 0.303 e. The molecule has 0 aromatic carbocycles. The fourth-order valence-corrected chi connectivity index (χ4v) is 0.830. The molecule has 1 aromatic rings. The lowest BCUT2D eigenvalue weighted by Crippen LogP contribution is -2.07. The number of aryl methyl sites for hydroxylation is 1. The molecule has 1 aromatic heterocycles. The van der Waals surface area contributed by atoms with E-state index in [1.165, 1.54) is 4.68 Å². The SMILES string of the molecule is C#CCn1nnnc1CCC(=O)O. The Labute approximate surface area is 74.6 Å². The fourth-order valence-electron chi connectivity index (χ4n) is 0.830. The summed E-state index contributed by atoms with van der Waals surface area (Å²) < 4.78 is 1.41. The van der Waals surface area contributed by atoms with Crippen LogP contribution in [0.5, 0.6) is 0 Å². The van der Waals surface area contributed by atoms with E-state index in [1.807, 2.05) is 0 Å². The minimum Gasteiger partial charge on any atom is -0.481 e. The Morgan fingerprint density at radius 2 is 2.46 bits per heavy atom. The zero-order valence-corrected chi connectivity index (χ0v) is 6.84. The molecule has 68 valence electrons. The molecule has 0 unspecified atom stereocenters. The van der Waals surface area contributed by atoms with Crippen molar-refractivity contribution in [2.75, 3.05) is 0 Å². The minimum absolute atomic E-state index is 0.00491. The van der Waals surface area contributed by atoms with Crippen molar-refractivity contribution in [1.29, 1.82) is 0 Å². The topological polar surface area (TPSA) is 80.9 Å². The van der Waals surface area contributed by atoms with Gasteiger partial charge in [0.2, 0.25) is 0 Å². The summed E-state index contributed by atoms with van der Waals surface area (Å²) in [6.07, 6.45) is 5.36. The third kappa shape index (κ3) is 2.56. The number of hydrogen-bond donors (Lipinski definition) is 1. The molecule has 0 aliphatic carbocycles. The number of carboxylic acids is 1. The van der Waals surface area contributed by atoms with Gasteiger partial charge >= 0.3 is 5.97 Å². The van der Waals surface area contributed by atoms with E-state index in [0.29, 0.717) is 12.2 Å². The largest absolute Gasteiger partial charge is 0.481 e. The third-order valence-corrected chi connectivity index (χ3v) is 1.41. The van der Waals surface area contributed by atoms with E-state index < -0.39 is 5.97 Å². The lowest BCUT2D eigenvalue weighted by atomic mass is 10.3. The predicted octanol–water partition coefficient (Wildman–Crippen LogP) is -0.677. The molecular formula is C7H8N4O2. The number of tetrazole rings is 1. The molecule has 0 fully saturated rings. The fraction of sp³-hybridized carbons (Fsp3) is 0.429. The van der Waals surface area contributed by atoms with E-state index in [4.69, 9.17) is 11.5 Å². The first-order chi connectivity index (χ1) is 6.24. The third-order valence-electron chi connectivity index (χ3n) is 1.41. The molecule has 0 aliphatic heterocycles.